The molecule has 0 aliphatic carbocycles. The number of amides is 1. The van der Waals surface area contributed by atoms with Crippen molar-refractivity contribution < 1.29 is 9.90 Å². The van der Waals surface area contributed by atoms with Crippen LogP contribution < -0.4 is 5.32 Å². The van der Waals surface area contributed by atoms with Gasteiger partial charge in [0, 0.05) is 36.2 Å². The van der Waals surface area contributed by atoms with Gasteiger partial charge in [-0.2, -0.15) is 0 Å². The van der Waals surface area contributed by atoms with Crippen LogP contribution in [0, 0.1) is 0 Å². The first kappa shape index (κ1) is 21.0. The molecule has 1 atom stereocenters. The van der Waals surface area contributed by atoms with Crippen molar-refractivity contribution in [3.63, 3.8) is 0 Å². The number of nitrogens with zero attached hydrogens (tertiary/aromatic N) is 2. The molecule has 0 bridgehead atoms. The molecule has 1 amide bonds. The zero-order chi connectivity index (χ0) is 20.8. The number of thiophene rings is 1. The lowest BCUT2D eigenvalue weighted by Gasteiger charge is -2.30. The number of aliphatic hydroxyl groups is 1. The maximum absolute atomic E-state index is 12.8. The van der Waals surface area contributed by atoms with Gasteiger partial charge in [0.15, 0.2) is 0 Å². The second kappa shape index (κ2) is 10.2. The van der Waals surface area contributed by atoms with Gasteiger partial charge >= 0.3 is 0 Å². The van der Waals surface area contributed by atoms with Crippen LogP contribution in [0.4, 0.5) is 0 Å². The molecule has 2 N–H and O–H groups in total. The van der Waals surface area contributed by atoms with E-state index in [1.54, 1.807) is 11.3 Å². The summed E-state index contributed by atoms with van der Waals surface area (Å²) in [5.74, 6) is -0.0745. The van der Waals surface area contributed by atoms with Gasteiger partial charge in [-0.1, -0.05) is 31.0 Å². The Morgan fingerprint density at radius 2 is 2.00 bits per heavy atom. The molecule has 4 rings (SSSR count). The van der Waals surface area contributed by atoms with Gasteiger partial charge in [0.1, 0.15) is 0 Å². The molecule has 0 spiro atoms. The minimum Gasteiger partial charge on any atom is -0.395 e. The highest BCUT2D eigenvalue weighted by Gasteiger charge is 2.26. The minimum atomic E-state index is -0.0745. The summed E-state index contributed by atoms with van der Waals surface area (Å²) in [6, 6.07) is 12.9. The van der Waals surface area contributed by atoms with Crippen LogP contribution in [0.2, 0.25) is 0 Å². The fourth-order valence-corrected chi connectivity index (χ4v) is 5.52. The zero-order valence-electron chi connectivity index (χ0n) is 17.2. The van der Waals surface area contributed by atoms with Crippen molar-refractivity contribution in [3.05, 3.63) is 64.8 Å². The largest absolute Gasteiger partial charge is 0.395 e. The quantitative estimate of drug-likeness (QED) is 0.603. The van der Waals surface area contributed by atoms with E-state index in [0.717, 1.165) is 41.1 Å². The number of benzene rings is 1. The Morgan fingerprint density at radius 3 is 2.83 bits per heavy atom. The summed E-state index contributed by atoms with van der Waals surface area (Å²) in [6.45, 7) is 2.24. The topological polar surface area (TPSA) is 65.5 Å². The van der Waals surface area contributed by atoms with Gasteiger partial charge in [-0.15, -0.1) is 11.3 Å². The second-order valence-electron chi connectivity index (χ2n) is 7.92. The van der Waals surface area contributed by atoms with E-state index in [0.29, 0.717) is 6.04 Å². The van der Waals surface area contributed by atoms with Gasteiger partial charge in [-0.05, 0) is 60.5 Å². The molecular weight excluding hydrogens is 394 g/mol. The number of aliphatic hydroxyl groups excluding tert-OH is 1. The monoisotopic (exact) mass is 423 g/mol. The molecule has 1 aliphatic rings. The van der Waals surface area contributed by atoms with Crippen molar-refractivity contribution in [2.75, 3.05) is 19.7 Å². The van der Waals surface area contributed by atoms with Gasteiger partial charge < -0.3 is 10.4 Å². The summed E-state index contributed by atoms with van der Waals surface area (Å²) in [6.07, 6.45) is 9.44. The van der Waals surface area contributed by atoms with Crippen LogP contribution in [0.25, 0.3) is 10.1 Å². The lowest BCUT2D eigenvalue weighted by molar-refractivity contribution is 0.0947. The Kier molecular flexibility index (Phi) is 7.10. The average Bonchev–Trinajstić information content (AvgIpc) is 3.00. The maximum atomic E-state index is 12.8. The van der Waals surface area contributed by atoms with Gasteiger partial charge in [-0.25, -0.2) is 0 Å². The highest BCUT2D eigenvalue weighted by atomic mass is 32.1. The highest BCUT2D eigenvalue weighted by molar-refractivity contribution is 7.21. The summed E-state index contributed by atoms with van der Waals surface area (Å²) in [7, 11) is 0. The van der Waals surface area contributed by atoms with Crippen molar-refractivity contribution in [3.8, 4) is 0 Å². The second-order valence-corrected chi connectivity index (χ2v) is 8.97. The molecule has 3 heterocycles. The van der Waals surface area contributed by atoms with Gasteiger partial charge in [0.05, 0.1) is 11.5 Å². The van der Waals surface area contributed by atoms with E-state index < -0.39 is 0 Å². The molecule has 6 heteroatoms. The summed E-state index contributed by atoms with van der Waals surface area (Å²) < 4.78 is 1.15. The van der Waals surface area contributed by atoms with E-state index in [1.165, 1.54) is 30.2 Å². The van der Waals surface area contributed by atoms with Gasteiger partial charge in [0.25, 0.3) is 5.91 Å². The van der Waals surface area contributed by atoms with Gasteiger partial charge in [-0.3, -0.25) is 14.7 Å². The first-order valence-electron chi connectivity index (χ1n) is 10.8. The number of carbonyl (C=O) groups excluding carboxylic acids is 1. The van der Waals surface area contributed by atoms with Crippen LogP contribution in [-0.2, 0) is 13.0 Å². The van der Waals surface area contributed by atoms with E-state index in [1.807, 2.05) is 18.5 Å². The fraction of sp³-hybridized carbons (Fsp3) is 0.417. The Bertz CT molecular complexity index is 973. The minimum absolute atomic E-state index is 0.0473. The number of likely N-dealkylation sites (tertiary alicyclic amines) is 1. The van der Waals surface area contributed by atoms with Crippen LogP contribution in [0.15, 0.2) is 48.8 Å². The summed E-state index contributed by atoms with van der Waals surface area (Å²) in [5.41, 5.74) is 2.44. The molecule has 1 aromatic carbocycles. The number of hydrogen-bond acceptors (Lipinski definition) is 5. The number of nitrogens with one attached hydrogen (secondary N) is 1. The summed E-state index contributed by atoms with van der Waals surface area (Å²) >= 11 is 1.56. The van der Waals surface area contributed by atoms with E-state index in [-0.39, 0.29) is 19.1 Å². The highest BCUT2D eigenvalue weighted by Crippen LogP contribution is 2.34. The van der Waals surface area contributed by atoms with Crippen molar-refractivity contribution in [2.24, 2.45) is 0 Å². The Balaban J connectivity index is 1.64. The maximum Gasteiger partial charge on any atom is 0.261 e. The average molecular weight is 424 g/mol. The number of carbonyl (C=O) groups is 1. The predicted octanol–water partition coefficient (Wildman–Crippen LogP) is 4.01. The number of hydrogen-bond donors (Lipinski definition) is 2. The Hall–Kier alpha value is -2.28. The first-order chi connectivity index (χ1) is 14.8. The number of rotatable bonds is 7. The first-order valence-corrected chi connectivity index (χ1v) is 11.6. The van der Waals surface area contributed by atoms with Crippen LogP contribution in [0.5, 0.6) is 0 Å². The van der Waals surface area contributed by atoms with Crippen molar-refractivity contribution in [1.29, 1.82) is 0 Å². The molecule has 1 saturated heterocycles. The normalized spacial score (nSPS) is 17.7. The van der Waals surface area contributed by atoms with Crippen LogP contribution >= 0.6 is 11.3 Å². The summed E-state index contributed by atoms with van der Waals surface area (Å²) in [5, 5.41) is 13.2. The molecule has 158 valence electrons. The molecule has 5 nitrogen and oxygen atoms in total. The van der Waals surface area contributed by atoms with Gasteiger partial charge in [0.2, 0.25) is 0 Å². The van der Waals surface area contributed by atoms with E-state index in [9.17, 15) is 4.79 Å². The van der Waals surface area contributed by atoms with Crippen LogP contribution in [0.1, 0.15) is 46.5 Å². The third-order valence-electron chi connectivity index (χ3n) is 5.88. The predicted molar refractivity (Wildman–Crippen MR) is 122 cm³/mol. The molecular formula is C24H29N3O2S. The molecule has 3 aromatic rings. The van der Waals surface area contributed by atoms with Crippen LogP contribution in [0.3, 0.4) is 0 Å². The van der Waals surface area contributed by atoms with E-state index in [2.05, 4.69) is 45.5 Å². The Labute approximate surface area is 181 Å². The Morgan fingerprint density at radius 1 is 1.17 bits per heavy atom. The number of pyridine rings is 1. The van der Waals surface area contributed by atoms with Crippen LogP contribution in [-0.4, -0.2) is 46.6 Å². The van der Waals surface area contributed by atoms with E-state index in [4.69, 9.17) is 5.11 Å². The van der Waals surface area contributed by atoms with Crippen molar-refractivity contribution in [1.82, 2.24) is 15.2 Å². The SMILES string of the molecule is O=C(NCCO)c1sc2ccccc2c1C[C@H]1CCCCCN1Cc1ccncc1. The number of fused-ring (bicyclic) bond motifs is 1. The standard InChI is InChI=1S/C24H29N3O2S/c28-15-13-26-24(29)23-21(20-7-3-4-8-22(20)30-23)16-19-6-2-1-5-14-27(19)17-18-9-11-25-12-10-18/h3-4,7-12,19,28H,1-2,5-6,13-17H2,(H,26,29)/t19-/m1/s1. The fourth-order valence-electron chi connectivity index (χ4n) is 4.37. The molecule has 0 unspecified atom stereocenters. The lowest BCUT2D eigenvalue weighted by Crippen LogP contribution is -2.36. The summed E-state index contributed by atoms with van der Waals surface area (Å²) in [4.78, 5) is 20.4. The van der Waals surface area contributed by atoms with Crippen molar-refractivity contribution >= 4 is 27.3 Å². The number of aromatic nitrogens is 1. The third kappa shape index (κ3) is 4.89. The smallest absolute Gasteiger partial charge is 0.261 e. The lowest BCUT2D eigenvalue weighted by atomic mass is 9.97. The zero-order valence-corrected chi connectivity index (χ0v) is 18.0. The molecule has 30 heavy (non-hydrogen) atoms. The van der Waals surface area contributed by atoms with E-state index >= 15 is 0 Å². The molecule has 1 fully saturated rings. The third-order valence-corrected chi connectivity index (χ3v) is 7.09. The molecule has 1 aliphatic heterocycles. The molecule has 0 saturated carbocycles. The molecule has 2 aromatic heterocycles. The molecule has 0 radical (unpaired) electrons. The van der Waals surface area contributed by atoms with Crippen molar-refractivity contribution in [2.45, 2.75) is 44.7 Å².